The number of hydrogen-bond donors (Lipinski definition) is 0. The first-order valence-electron chi connectivity index (χ1n) is 7.02. The Balaban J connectivity index is -0.0000000246. The molecule has 0 atom stereocenters. The Hall–Kier alpha value is 6.01. The van der Waals surface area contributed by atoms with E-state index in [1.807, 2.05) is 0 Å². The van der Waals surface area contributed by atoms with Crippen LogP contribution < -0.4 is 132 Å². The van der Waals surface area contributed by atoms with Crippen LogP contribution in [0.2, 0.25) is 0 Å². The van der Waals surface area contributed by atoms with E-state index in [4.69, 9.17) is 45.2 Å². The summed E-state index contributed by atoms with van der Waals surface area (Å²) in [5.74, 6) is 0. The minimum Gasteiger partial charge on any atom is -0.907 e. The second kappa shape index (κ2) is 49.4. The molecule has 0 aliphatic carbocycles. The summed E-state index contributed by atoms with van der Waals surface area (Å²) in [6.45, 7) is 0. The fourth-order valence-corrected chi connectivity index (χ4v) is 11.6. The Morgan fingerprint density at radius 3 is 0.340 bits per heavy atom. The Bertz CT molecular complexity index is 482. The summed E-state index contributed by atoms with van der Waals surface area (Å²) in [5, 5.41) is 75.8. The standard InChI is InChI=1S/6Al.3BO3.3Mn.Na.O18Si6.4H2O/c;;;;;;3*2-1(3)4;;;;;1-19(2)13-20(3,4)15-22(7,8)17-24(11,12)18-23(9,10)16-21(5,6)14-19;;;;/h;;;;;;;;;;;;;;4*1H2/q6*+3;3*-3;3*+2;+1;-12;;;;/p-4. The third kappa shape index (κ3) is 86.0. The van der Waals surface area contributed by atoms with Gasteiger partial charge in [0.1, 0.15) is 54.3 Å². The van der Waals surface area contributed by atoms with Crippen molar-refractivity contribution in [2.75, 3.05) is 0 Å². The third-order valence-corrected chi connectivity index (χ3v) is 13.5. The molecule has 50 heavy (non-hydrogen) atoms. The summed E-state index contributed by atoms with van der Waals surface area (Å²) in [7, 11) is -49.8. The van der Waals surface area contributed by atoms with Gasteiger partial charge in [-0.25, -0.2) is 0 Å². The first kappa shape index (κ1) is 111. The van der Waals surface area contributed by atoms with Crippen LogP contribution in [0.3, 0.4) is 0 Å². The van der Waals surface area contributed by atoms with Crippen molar-refractivity contribution < 1.29 is 230 Å². The van der Waals surface area contributed by atoms with Crippen molar-refractivity contribution in [3.05, 3.63) is 0 Å². The van der Waals surface area contributed by atoms with Gasteiger partial charge < -0.3 is 149 Å². The van der Waals surface area contributed by atoms with Crippen molar-refractivity contribution in [1.82, 2.24) is 0 Å². The Morgan fingerprint density at radius 2 is 0.300 bits per heavy atom. The molecule has 31 nitrogen and oxygen atoms in total. The largest absolute Gasteiger partial charge is 3.00 e. The molecular formula is H4Al6B3Mn3NaO31Si6. The zero-order chi connectivity index (χ0) is 30.0. The van der Waals surface area contributed by atoms with Crippen molar-refractivity contribution >= 4 is 180 Å². The maximum Gasteiger partial charge on any atom is 3.00 e. The topological polar surface area (TPSA) is 660 Å². The minimum atomic E-state index is -6.84. The van der Waals surface area contributed by atoms with E-state index in [2.05, 4.69) is 24.7 Å². The Kier molecular flexibility index (Phi) is 110. The number of rotatable bonds is 0. The van der Waals surface area contributed by atoms with E-state index >= 15 is 0 Å². The van der Waals surface area contributed by atoms with E-state index in [-0.39, 0.29) is 207 Å². The first-order valence-corrected chi connectivity index (χ1v) is 16.8. The summed E-state index contributed by atoms with van der Waals surface area (Å²) in [4.78, 5) is 132. The zero-order valence-corrected chi connectivity index (χ0v) is 41.6. The first-order chi connectivity index (χ1) is 15.4. The van der Waals surface area contributed by atoms with Crippen molar-refractivity contribution in [3.8, 4) is 0 Å². The van der Waals surface area contributed by atoms with Gasteiger partial charge in [-0.05, 0) is 0 Å². The summed E-state index contributed by atoms with van der Waals surface area (Å²) in [6, 6.07) is 0. The van der Waals surface area contributed by atoms with E-state index in [0.29, 0.717) is 0 Å². The molecule has 3 radical (unpaired) electrons. The van der Waals surface area contributed by atoms with Crippen LogP contribution in [0.1, 0.15) is 0 Å². The van der Waals surface area contributed by atoms with Crippen LogP contribution in [-0.2, 0) is 75.9 Å². The fraction of sp³-hybridized carbons (Fsp3) is 0. The molecule has 0 spiro atoms. The molecule has 0 unspecified atom stereocenters. The molecule has 1 aliphatic rings. The van der Waals surface area contributed by atoms with Crippen LogP contribution in [0, 0.1) is 0 Å². The molecule has 1 saturated heterocycles. The molecule has 0 aromatic carbocycles. The maximum absolute atomic E-state index is 11.0. The van der Waals surface area contributed by atoms with E-state index < -0.39 is 76.3 Å². The normalized spacial score (nSPS) is 16.7. The van der Waals surface area contributed by atoms with Gasteiger partial charge in [0.25, 0.3) is 0 Å². The number of hydrogen-bond acceptors (Lipinski definition) is 31. The van der Waals surface area contributed by atoms with Crippen molar-refractivity contribution in [1.29, 1.82) is 0 Å². The maximum atomic E-state index is 11.0. The van der Waals surface area contributed by atoms with Crippen molar-refractivity contribution in [3.63, 3.8) is 0 Å². The molecule has 1 fully saturated rings. The van der Waals surface area contributed by atoms with Gasteiger partial charge in [0.05, 0.1) is 0 Å². The predicted octanol–water partition coefficient (Wildman–Crippen LogP) is -34.8. The average Bonchev–Trinajstić information content (AvgIpc) is 2.33. The van der Waals surface area contributed by atoms with Crippen molar-refractivity contribution in [2.24, 2.45) is 0 Å². The van der Waals surface area contributed by atoms with Crippen LogP contribution >= 0.6 is 0 Å². The molecule has 1 aliphatic heterocycles. The average molecular weight is 1050 g/mol. The Morgan fingerprint density at radius 1 is 0.260 bits per heavy atom. The van der Waals surface area contributed by atoms with Crippen LogP contribution in [0.15, 0.2) is 0 Å². The van der Waals surface area contributed by atoms with Gasteiger partial charge in [-0.2, -0.15) is 0 Å². The van der Waals surface area contributed by atoms with Gasteiger partial charge in [0.15, 0.2) is 0 Å². The van der Waals surface area contributed by atoms with Crippen LogP contribution in [0.25, 0.3) is 0 Å². The molecule has 50 heteroatoms. The second-order valence-electron chi connectivity index (χ2n) is 4.48. The summed E-state index contributed by atoms with van der Waals surface area (Å²) in [6.07, 6.45) is 0. The van der Waals surface area contributed by atoms with Crippen LogP contribution in [0.5, 0.6) is 0 Å². The van der Waals surface area contributed by atoms with Gasteiger partial charge >= 0.3 is 185 Å². The minimum absolute atomic E-state index is 0. The van der Waals surface area contributed by atoms with E-state index in [1.165, 1.54) is 0 Å². The van der Waals surface area contributed by atoms with E-state index in [9.17, 15) is 57.5 Å². The molecule has 0 amide bonds. The van der Waals surface area contributed by atoms with Crippen LogP contribution in [0.4, 0.5) is 0 Å². The van der Waals surface area contributed by atoms with Gasteiger partial charge in [-0.3, -0.25) is 22.0 Å². The smallest absolute Gasteiger partial charge is 0.907 e. The molecule has 0 bridgehead atoms. The van der Waals surface area contributed by atoms with E-state index in [1.54, 1.807) is 0 Å². The molecular weight excluding hydrogens is 1050 g/mol. The SMILES string of the molecule is [Al+3].[Al+3].[Al+3].[Al+3].[Al+3].[Al+3].[Mn+2].[Mn+2].[Mn+2].[Na+].[O-]B([O-])[O-].[O-]B([O-])[O-].[O-]B([O-])[O-].[O-][Si]1([O-])O[Si]([O-])([O-])O[Si]([O-])([O-])O[Si]([O-])([O-])O[Si]([O-])([O-])O[Si]([O-])([O-])O1.[OH-].[OH-].[OH-].[OH-]. The summed E-state index contributed by atoms with van der Waals surface area (Å²) in [5.41, 5.74) is 0. The quantitative estimate of drug-likeness (QED) is 0.203. The molecule has 0 saturated carbocycles. The molecule has 1 heterocycles. The van der Waals surface area contributed by atoms with Gasteiger partial charge in [-0.15, -0.1) is 0 Å². The molecule has 1 rings (SSSR count). The molecule has 0 aromatic heterocycles. The van der Waals surface area contributed by atoms with Gasteiger partial charge in [-0.1, -0.05) is 0 Å². The van der Waals surface area contributed by atoms with Gasteiger partial charge in [0, 0.05) is 0 Å². The molecule has 0 aromatic rings. The third-order valence-electron chi connectivity index (χ3n) is 1.50. The fourth-order valence-electron chi connectivity index (χ4n) is 1.04. The van der Waals surface area contributed by atoms with Crippen molar-refractivity contribution in [2.45, 2.75) is 0 Å². The molecule has 4 N–H and O–H groups in total. The Labute approximate surface area is 405 Å². The van der Waals surface area contributed by atoms with Crippen LogP contribution in [-0.4, -0.2) is 202 Å². The summed E-state index contributed by atoms with van der Waals surface area (Å²) < 4.78 is 18.0. The monoisotopic (exact) mass is 1050 g/mol. The molecule has 263 valence electrons. The summed E-state index contributed by atoms with van der Waals surface area (Å²) >= 11 is 0. The predicted molar refractivity (Wildman–Crippen MR) is 101 cm³/mol. The second-order valence-corrected chi connectivity index (χ2v) is 15.4. The van der Waals surface area contributed by atoms with Gasteiger partial charge in [0.2, 0.25) is 0 Å². The zero-order valence-electron chi connectivity index (χ0n) is 23.1. The van der Waals surface area contributed by atoms with E-state index in [0.717, 1.165) is 0 Å².